The average Bonchev–Trinajstić information content (AvgIpc) is 2.38. The van der Waals surface area contributed by atoms with E-state index in [1.165, 1.54) is 19.3 Å². The molecule has 1 aliphatic carbocycles. The lowest BCUT2D eigenvalue weighted by Crippen LogP contribution is -2.30. The van der Waals surface area contributed by atoms with Gasteiger partial charge in [-0.05, 0) is 30.9 Å². The standard InChI is InChI=1S/C13H20N2O2S/c14-12-8-4-5-9-13(12)18(16,17)15-10-11-6-2-1-3-7-11/h4-5,8-9,11,15H,1-3,6-7,10,14H2. The summed E-state index contributed by atoms with van der Waals surface area (Å²) in [7, 11) is -3.47. The maximum atomic E-state index is 12.1. The molecule has 1 fully saturated rings. The Balaban J connectivity index is 2.01. The van der Waals surface area contributed by atoms with E-state index in [0.717, 1.165) is 12.8 Å². The molecule has 0 radical (unpaired) electrons. The Labute approximate surface area is 109 Å². The summed E-state index contributed by atoms with van der Waals surface area (Å²) in [4.78, 5) is 0.181. The number of nitrogens with two attached hydrogens (primary N) is 1. The zero-order valence-corrected chi connectivity index (χ0v) is 11.2. The molecular weight excluding hydrogens is 248 g/mol. The summed E-state index contributed by atoms with van der Waals surface area (Å²) < 4.78 is 26.9. The van der Waals surface area contributed by atoms with E-state index in [-0.39, 0.29) is 4.90 Å². The van der Waals surface area contributed by atoms with Gasteiger partial charge in [0.15, 0.2) is 0 Å². The van der Waals surface area contributed by atoms with E-state index >= 15 is 0 Å². The van der Waals surface area contributed by atoms with Crippen molar-refractivity contribution in [2.45, 2.75) is 37.0 Å². The summed E-state index contributed by atoms with van der Waals surface area (Å²) in [5, 5.41) is 0. The summed E-state index contributed by atoms with van der Waals surface area (Å²) in [6, 6.07) is 6.56. The van der Waals surface area contributed by atoms with Crippen LogP contribution in [0.15, 0.2) is 29.2 Å². The summed E-state index contributed by atoms with van der Waals surface area (Å²) >= 11 is 0. The first kappa shape index (κ1) is 13.4. The van der Waals surface area contributed by atoms with Gasteiger partial charge in [0.05, 0.1) is 5.69 Å². The van der Waals surface area contributed by atoms with Crippen LogP contribution in [0.25, 0.3) is 0 Å². The lowest BCUT2D eigenvalue weighted by molar-refractivity contribution is 0.357. The van der Waals surface area contributed by atoms with Crippen LogP contribution >= 0.6 is 0 Å². The van der Waals surface area contributed by atoms with Gasteiger partial charge in [0.25, 0.3) is 0 Å². The topological polar surface area (TPSA) is 72.2 Å². The van der Waals surface area contributed by atoms with Crippen molar-refractivity contribution >= 4 is 15.7 Å². The third-order valence-corrected chi connectivity index (χ3v) is 4.99. The average molecular weight is 268 g/mol. The van der Waals surface area contributed by atoms with Gasteiger partial charge in [-0.2, -0.15) is 0 Å². The first-order valence-corrected chi connectivity index (χ1v) is 7.92. The second-order valence-electron chi connectivity index (χ2n) is 4.89. The van der Waals surface area contributed by atoms with E-state index in [2.05, 4.69) is 4.72 Å². The molecule has 100 valence electrons. The normalized spacial score (nSPS) is 17.8. The van der Waals surface area contributed by atoms with E-state index in [4.69, 9.17) is 5.73 Å². The lowest BCUT2D eigenvalue weighted by atomic mass is 9.90. The van der Waals surface area contributed by atoms with Crippen molar-refractivity contribution in [1.29, 1.82) is 0 Å². The molecule has 0 atom stereocenters. The maximum Gasteiger partial charge on any atom is 0.242 e. The van der Waals surface area contributed by atoms with E-state index in [1.807, 2.05) is 0 Å². The van der Waals surface area contributed by atoms with Crippen LogP contribution in [0.2, 0.25) is 0 Å². The van der Waals surface area contributed by atoms with Gasteiger partial charge in [-0.25, -0.2) is 13.1 Å². The van der Waals surface area contributed by atoms with Gasteiger partial charge in [-0.15, -0.1) is 0 Å². The number of para-hydroxylation sites is 1. The molecule has 4 nitrogen and oxygen atoms in total. The van der Waals surface area contributed by atoms with Gasteiger partial charge < -0.3 is 5.73 Å². The number of rotatable bonds is 4. The smallest absolute Gasteiger partial charge is 0.242 e. The van der Waals surface area contributed by atoms with E-state index < -0.39 is 10.0 Å². The molecular formula is C13H20N2O2S. The highest BCUT2D eigenvalue weighted by Crippen LogP contribution is 2.24. The van der Waals surface area contributed by atoms with Gasteiger partial charge in [0, 0.05) is 6.54 Å². The summed E-state index contributed by atoms with van der Waals surface area (Å²) in [6.07, 6.45) is 5.92. The molecule has 0 spiro atoms. The van der Waals surface area contributed by atoms with Crippen molar-refractivity contribution in [3.05, 3.63) is 24.3 Å². The van der Waals surface area contributed by atoms with Crippen molar-refractivity contribution in [1.82, 2.24) is 4.72 Å². The minimum absolute atomic E-state index is 0.181. The highest BCUT2D eigenvalue weighted by Gasteiger charge is 2.20. The SMILES string of the molecule is Nc1ccccc1S(=O)(=O)NCC1CCCCC1. The molecule has 1 aliphatic rings. The second-order valence-corrected chi connectivity index (χ2v) is 6.63. The van der Waals surface area contributed by atoms with Crippen molar-refractivity contribution in [3.8, 4) is 0 Å². The van der Waals surface area contributed by atoms with Crippen LogP contribution in [0, 0.1) is 5.92 Å². The summed E-state index contributed by atoms with van der Waals surface area (Å²) in [6.45, 7) is 0.524. The number of benzene rings is 1. The number of nitrogens with one attached hydrogen (secondary N) is 1. The number of sulfonamides is 1. The molecule has 1 aromatic carbocycles. The lowest BCUT2D eigenvalue weighted by Gasteiger charge is -2.21. The van der Waals surface area contributed by atoms with Crippen LogP contribution in [0.3, 0.4) is 0 Å². The van der Waals surface area contributed by atoms with Gasteiger partial charge in [-0.1, -0.05) is 31.4 Å². The monoisotopic (exact) mass is 268 g/mol. The highest BCUT2D eigenvalue weighted by atomic mass is 32.2. The molecule has 0 saturated heterocycles. The third kappa shape index (κ3) is 3.23. The zero-order chi connectivity index (χ0) is 13.0. The highest BCUT2D eigenvalue weighted by molar-refractivity contribution is 7.89. The van der Waals surface area contributed by atoms with Crippen molar-refractivity contribution in [2.75, 3.05) is 12.3 Å². The van der Waals surface area contributed by atoms with Crippen LogP contribution < -0.4 is 10.5 Å². The maximum absolute atomic E-state index is 12.1. The Bertz CT molecular complexity index is 493. The molecule has 0 unspecified atom stereocenters. The Morgan fingerprint density at radius 1 is 1.17 bits per heavy atom. The molecule has 2 rings (SSSR count). The van der Waals surface area contributed by atoms with E-state index in [9.17, 15) is 8.42 Å². The minimum atomic E-state index is -3.47. The molecule has 1 saturated carbocycles. The van der Waals surface area contributed by atoms with E-state index in [0.29, 0.717) is 18.2 Å². The second kappa shape index (κ2) is 5.71. The van der Waals surface area contributed by atoms with Gasteiger partial charge >= 0.3 is 0 Å². The number of anilines is 1. The van der Waals surface area contributed by atoms with Crippen molar-refractivity contribution in [3.63, 3.8) is 0 Å². The van der Waals surface area contributed by atoms with Crippen molar-refractivity contribution < 1.29 is 8.42 Å². The Kier molecular flexibility index (Phi) is 4.24. The molecule has 18 heavy (non-hydrogen) atoms. The van der Waals surface area contributed by atoms with Crippen LogP contribution in [0.4, 0.5) is 5.69 Å². The molecule has 0 amide bonds. The van der Waals surface area contributed by atoms with Crippen molar-refractivity contribution in [2.24, 2.45) is 5.92 Å². The Morgan fingerprint density at radius 3 is 2.50 bits per heavy atom. The molecule has 3 N–H and O–H groups in total. The number of hydrogen-bond donors (Lipinski definition) is 2. The minimum Gasteiger partial charge on any atom is -0.398 e. The van der Waals surface area contributed by atoms with Gasteiger partial charge in [-0.3, -0.25) is 0 Å². The van der Waals surface area contributed by atoms with Gasteiger partial charge in [0.2, 0.25) is 10.0 Å². The molecule has 1 aromatic rings. The molecule has 0 aliphatic heterocycles. The predicted octanol–water partition coefficient (Wildman–Crippen LogP) is 2.13. The fourth-order valence-corrected chi connectivity index (χ4v) is 3.67. The fourth-order valence-electron chi connectivity index (χ4n) is 2.42. The van der Waals surface area contributed by atoms with Crippen LogP contribution in [-0.2, 0) is 10.0 Å². The Morgan fingerprint density at radius 2 is 1.83 bits per heavy atom. The Hall–Kier alpha value is -1.07. The summed E-state index contributed by atoms with van der Waals surface area (Å²) in [5.41, 5.74) is 6.00. The predicted molar refractivity (Wildman–Crippen MR) is 72.6 cm³/mol. The first-order valence-electron chi connectivity index (χ1n) is 6.44. The van der Waals surface area contributed by atoms with E-state index in [1.54, 1.807) is 24.3 Å². The van der Waals surface area contributed by atoms with Gasteiger partial charge in [0.1, 0.15) is 4.90 Å². The zero-order valence-electron chi connectivity index (χ0n) is 10.4. The molecule has 0 aromatic heterocycles. The molecule has 0 heterocycles. The quantitative estimate of drug-likeness (QED) is 0.822. The fraction of sp³-hybridized carbons (Fsp3) is 0.538. The van der Waals surface area contributed by atoms with Crippen LogP contribution in [0.1, 0.15) is 32.1 Å². The number of nitrogen functional groups attached to an aromatic ring is 1. The van der Waals surface area contributed by atoms with Crippen LogP contribution in [-0.4, -0.2) is 15.0 Å². The first-order chi connectivity index (χ1) is 8.59. The summed E-state index contributed by atoms with van der Waals surface area (Å²) in [5.74, 6) is 0.471. The molecule has 5 heteroatoms. The number of hydrogen-bond acceptors (Lipinski definition) is 3. The third-order valence-electron chi connectivity index (χ3n) is 3.50. The molecule has 0 bridgehead atoms. The largest absolute Gasteiger partial charge is 0.398 e. The van der Waals surface area contributed by atoms with Crippen LogP contribution in [0.5, 0.6) is 0 Å².